The van der Waals surface area contributed by atoms with E-state index in [1.165, 1.54) is 5.56 Å². The summed E-state index contributed by atoms with van der Waals surface area (Å²) in [4.78, 5) is 4.73. The average molecular weight is 429 g/mol. The molecule has 30 heavy (non-hydrogen) atoms. The van der Waals surface area contributed by atoms with Gasteiger partial charge in [0.05, 0.1) is 6.10 Å². The van der Waals surface area contributed by atoms with Gasteiger partial charge >= 0.3 is 0 Å². The minimum atomic E-state index is -1.17. The van der Waals surface area contributed by atoms with Gasteiger partial charge in [0, 0.05) is 44.3 Å². The van der Waals surface area contributed by atoms with E-state index in [1.807, 2.05) is 42.5 Å². The fourth-order valence-electron chi connectivity index (χ4n) is 5.13. The van der Waals surface area contributed by atoms with Gasteiger partial charge in [-0.2, -0.15) is 0 Å². The highest BCUT2D eigenvalue weighted by Crippen LogP contribution is 2.43. The first-order valence-electron chi connectivity index (χ1n) is 11.2. The predicted molar refractivity (Wildman–Crippen MR) is 121 cm³/mol. The van der Waals surface area contributed by atoms with Gasteiger partial charge in [-0.15, -0.1) is 0 Å². The molecule has 0 bridgehead atoms. The molecule has 1 aliphatic carbocycles. The van der Waals surface area contributed by atoms with E-state index in [9.17, 15) is 10.2 Å². The first-order chi connectivity index (χ1) is 14.6. The number of benzene rings is 2. The van der Waals surface area contributed by atoms with Crippen LogP contribution in [0.5, 0.6) is 0 Å². The van der Waals surface area contributed by atoms with Gasteiger partial charge < -0.3 is 10.2 Å². The van der Waals surface area contributed by atoms with E-state index in [0.717, 1.165) is 69.0 Å². The molecule has 2 aliphatic rings. The molecule has 1 saturated carbocycles. The zero-order valence-electron chi connectivity index (χ0n) is 17.6. The van der Waals surface area contributed by atoms with Gasteiger partial charge in [-0.1, -0.05) is 66.9 Å². The Morgan fingerprint density at radius 3 is 2.13 bits per heavy atom. The molecule has 2 unspecified atom stereocenters. The third-order valence-corrected chi connectivity index (χ3v) is 7.19. The van der Waals surface area contributed by atoms with E-state index in [4.69, 9.17) is 11.6 Å². The Labute approximate surface area is 185 Å². The Hall–Kier alpha value is -1.43. The maximum Gasteiger partial charge on any atom is 0.119 e. The van der Waals surface area contributed by atoms with Crippen molar-refractivity contribution in [2.45, 2.75) is 43.9 Å². The minimum Gasteiger partial charge on any atom is -0.388 e. The molecule has 2 fully saturated rings. The van der Waals surface area contributed by atoms with E-state index in [0.29, 0.717) is 6.54 Å². The summed E-state index contributed by atoms with van der Waals surface area (Å²) in [6, 6.07) is 17.9. The van der Waals surface area contributed by atoms with Crippen LogP contribution in [0.15, 0.2) is 54.6 Å². The van der Waals surface area contributed by atoms with Crippen LogP contribution in [0.25, 0.3) is 0 Å². The average Bonchev–Trinajstić information content (AvgIpc) is 3.32. The predicted octanol–water partition coefficient (Wildman–Crippen LogP) is 3.90. The van der Waals surface area contributed by atoms with Crippen molar-refractivity contribution in [2.24, 2.45) is 5.92 Å². The summed E-state index contributed by atoms with van der Waals surface area (Å²) in [5, 5.41) is 23.8. The Kier molecular flexibility index (Phi) is 7.12. The van der Waals surface area contributed by atoms with Crippen LogP contribution >= 0.6 is 11.6 Å². The topological polar surface area (TPSA) is 46.9 Å². The van der Waals surface area contributed by atoms with Crippen LogP contribution in [-0.2, 0) is 12.1 Å². The first-order valence-corrected chi connectivity index (χ1v) is 11.6. The number of rotatable bonds is 7. The van der Waals surface area contributed by atoms with Gasteiger partial charge in [-0.05, 0) is 42.0 Å². The fraction of sp³-hybridized carbons (Fsp3) is 0.520. The molecule has 5 heteroatoms. The smallest absolute Gasteiger partial charge is 0.119 e. The molecule has 0 spiro atoms. The second-order valence-corrected chi connectivity index (χ2v) is 9.33. The van der Waals surface area contributed by atoms with E-state index < -0.39 is 11.7 Å². The quantitative estimate of drug-likeness (QED) is 0.702. The molecule has 2 atom stereocenters. The molecule has 1 saturated heterocycles. The Balaban J connectivity index is 1.36. The van der Waals surface area contributed by atoms with Crippen LogP contribution in [0.3, 0.4) is 0 Å². The number of halogens is 1. The Morgan fingerprint density at radius 2 is 1.50 bits per heavy atom. The van der Waals surface area contributed by atoms with Crippen LogP contribution in [0.1, 0.15) is 36.8 Å². The van der Waals surface area contributed by atoms with Crippen molar-refractivity contribution in [3.05, 3.63) is 70.7 Å². The van der Waals surface area contributed by atoms with Crippen LogP contribution in [0.4, 0.5) is 0 Å². The highest BCUT2D eigenvalue weighted by Gasteiger charge is 2.46. The highest BCUT2D eigenvalue weighted by molar-refractivity contribution is 6.30. The number of β-amino-alcohol motifs (C(OH)–C–C–N with tert-alkyl or cyclic N) is 1. The van der Waals surface area contributed by atoms with Crippen LogP contribution in [0, 0.1) is 5.92 Å². The number of nitrogens with zero attached hydrogens (tertiary/aromatic N) is 2. The molecule has 2 aromatic rings. The largest absolute Gasteiger partial charge is 0.388 e. The van der Waals surface area contributed by atoms with Crippen molar-refractivity contribution in [3.63, 3.8) is 0 Å². The molecule has 0 aromatic heterocycles. The number of hydrogen-bond donors (Lipinski definition) is 2. The van der Waals surface area contributed by atoms with Crippen LogP contribution in [-0.4, -0.2) is 58.8 Å². The highest BCUT2D eigenvalue weighted by atomic mass is 35.5. The number of aliphatic hydroxyl groups excluding tert-OH is 1. The fourth-order valence-corrected chi connectivity index (χ4v) is 5.26. The molecule has 1 aliphatic heterocycles. The Bertz CT molecular complexity index is 787. The van der Waals surface area contributed by atoms with Gasteiger partial charge in [0.25, 0.3) is 0 Å². The molecule has 2 aromatic carbocycles. The van der Waals surface area contributed by atoms with Crippen molar-refractivity contribution in [1.29, 1.82) is 0 Å². The molecular formula is C25H33ClN2O2. The lowest BCUT2D eigenvalue weighted by Gasteiger charge is -2.42. The minimum absolute atomic E-state index is 0.126. The Morgan fingerprint density at radius 1 is 0.900 bits per heavy atom. The normalized spacial score (nSPS) is 22.1. The third kappa shape index (κ3) is 4.90. The molecular weight excluding hydrogens is 396 g/mol. The van der Waals surface area contributed by atoms with Gasteiger partial charge in [0.15, 0.2) is 0 Å². The van der Waals surface area contributed by atoms with Crippen molar-refractivity contribution in [1.82, 2.24) is 9.80 Å². The summed E-state index contributed by atoms with van der Waals surface area (Å²) in [6.07, 6.45) is 3.45. The van der Waals surface area contributed by atoms with E-state index in [1.54, 1.807) is 0 Å². The molecule has 0 amide bonds. The van der Waals surface area contributed by atoms with E-state index >= 15 is 0 Å². The zero-order chi connectivity index (χ0) is 21.0. The lowest BCUT2D eigenvalue weighted by molar-refractivity contribution is -0.130. The third-order valence-electron chi connectivity index (χ3n) is 6.94. The van der Waals surface area contributed by atoms with Gasteiger partial charge in [0.1, 0.15) is 5.60 Å². The van der Waals surface area contributed by atoms with Crippen molar-refractivity contribution >= 4 is 11.6 Å². The van der Waals surface area contributed by atoms with Crippen molar-refractivity contribution < 1.29 is 10.2 Å². The summed E-state index contributed by atoms with van der Waals surface area (Å²) in [6.45, 7) is 5.16. The number of hydrogen-bond acceptors (Lipinski definition) is 4. The molecule has 0 radical (unpaired) electrons. The monoisotopic (exact) mass is 428 g/mol. The summed E-state index contributed by atoms with van der Waals surface area (Å²) in [5.41, 5.74) is 0.955. The van der Waals surface area contributed by atoms with Gasteiger partial charge in [-0.3, -0.25) is 9.80 Å². The van der Waals surface area contributed by atoms with Gasteiger partial charge in [0.2, 0.25) is 0 Å². The molecule has 4 nitrogen and oxygen atoms in total. The lowest BCUT2D eigenvalue weighted by Crippen LogP contribution is -2.54. The second kappa shape index (κ2) is 9.80. The lowest BCUT2D eigenvalue weighted by atomic mass is 9.76. The second-order valence-electron chi connectivity index (χ2n) is 8.89. The standard InChI is InChI=1S/C25H33ClN2O2/c26-23-12-10-20(11-13-23)18-27-14-16-28(17-15-27)19-24(29)25(30,22-8-4-5-9-22)21-6-2-1-3-7-21/h1-3,6-7,10-13,22,24,29-30H,4-5,8-9,14-19H2. The summed E-state index contributed by atoms with van der Waals surface area (Å²) < 4.78 is 0. The maximum absolute atomic E-state index is 11.8. The molecule has 2 N–H and O–H groups in total. The number of aliphatic hydroxyl groups is 2. The van der Waals surface area contributed by atoms with Crippen LogP contribution in [0.2, 0.25) is 5.02 Å². The molecule has 4 rings (SSSR count). The molecule has 162 valence electrons. The van der Waals surface area contributed by atoms with Gasteiger partial charge in [-0.25, -0.2) is 0 Å². The molecule has 1 heterocycles. The van der Waals surface area contributed by atoms with Crippen LogP contribution < -0.4 is 0 Å². The zero-order valence-corrected chi connectivity index (χ0v) is 18.3. The first kappa shape index (κ1) is 21.8. The SMILES string of the molecule is OC(CN1CCN(Cc2ccc(Cl)cc2)CC1)C(O)(c1ccccc1)C1CCCC1. The summed E-state index contributed by atoms with van der Waals surface area (Å²) >= 11 is 5.99. The van der Waals surface area contributed by atoms with Crippen molar-refractivity contribution in [2.75, 3.05) is 32.7 Å². The summed E-state index contributed by atoms with van der Waals surface area (Å²) in [5.74, 6) is 0.126. The van der Waals surface area contributed by atoms with E-state index in [2.05, 4.69) is 21.9 Å². The maximum atomic E-state index is 11.8. The summed E-state index contributed by atoms with van der Waals surface area (Å²) in [7, 11) is 0. The van der Waals surface area contributed by atoms with E-state index in [-0.39, 0.29) is 5.92 Å². The number of piperazine rings is 1. The van der Waals surface area contributed by atoms with Crippen molar-refractivity contribution in [3.8, 4) is 0 Å².